The van der Waals surface area contributed by atoms with Crippen LogP contribution in [0.2, 0.25) is 0 Å². The lowest BCUT2D eigenvalue weighted by molar-refractivity contribution is 1.18. The van der Waals surface area contributed by atoms with E-state index in [1.165, 1.54) is 98.8 Å². The van der Waals surface area contributed by atoms with Crippen LogP contribution in [0.3, 0.4) is 0 Å². The summed E-state index contributed by atoms with van der Waals surface area (Å²) in [4.78, 5) is 0. The van der Waals surface area contributed by atoms with Crippen LogP contribution in [0, 0.1) is 0 Å². The monoisotopic (exact) mass is 582 g/mol. The van der Waals surface area contributed by atoms with Gasteiger partial charge in [0.1, 0.15) is 0 Å². The van der Waals surface area contributed by atoms with Crippen molar-refractivity contribution in [1.82, 2.24) is 9.13 Å². The van der Waals surface area contributed by atoms with Crippen molar-refractivity contribution < 1.29 is 0 Å². The molecule has 0 saturated heterocycles. The van der Waals surface area contributed by atoms with Crippen LogP contribution in [0.1, 0.15) is 0 Å². The first-order chi connectivity index (χ1) is 22.8. The van der Waals surface area contributed by atoms with Gasteiger partial charge >= 0.3 is 0 Å². The fourth-order valence-electron chi connectivity index (χ4n) is 8.38. The van der Waals surface area contributed by atoms with Crippen molar-refractivity contribution in [2.75, 3.05) is 0 Å². The lowest BCUT2D eigenvalue weighted by atomic mass is 10.0. The van der Waals surface area contributed by atoms with Crippen molar-refractivity contribution in [3.05, 3.63) is 158 Å². The van der Waals surface area contributed by atoms with E-state index in [0.717, 1.165) is 0 Å². The van der Waals surface area contributed by atoms with Gasteiger partial charge in [0.05, 0.1) is 22.1 Å². The molecule has 0 amide bonds. The van der Waals surface area contributed by atoms with Crippen molar-refractivity contribution >= 4 is 65.2 Å². The molecule has 8 aromatic carbocycles. The zero-order valence-corrected chi connectivity index (χ0v) is 24.9. The fraction of sp³-hybridized carbons (Fsp3) is 0. The average Bonchev–Trinajstić information content (AvgIpc) is 3.75. The lowest BCUT2D eigenvalue weighted by Gasteiger charge is -2.13. The summed E-state index contributed by atoms with van der Waals surface area (Å²) < 4.78 is 4.97. The molecule has 46 heavy (non-hydrogen) atoms. The van der Waals surface area contributed by atoms with Crippen LogP contribution < -0.4 is 0 Å². The van der Waals surface area contributed by atoms with Crippen LogP contribution in [-0.4, -0.2) is 9.13 Å². The van der Waals surface area contributed by atoms with Gasteiger partial charge in [-0.05, 0) is 86.3 Å². The van der Waals surface area contributed by atoms with Gasteiger partial charge in [-0.15, -0.1) is 0 Å². The summed E-state index contributed by atoms with van der Waals surface area (Å²) in [5.41, 5.74) is 12.6. The Bertz CT molecular complexity index is 2900. The summed E-state index contributed by atoms with van der Waals surface area (Å²) in [6.07, 6.45) is 0. The molecule has 2 aromatic heterocycles. The van der Waals surface area contributed by atoms with Gasteiger partial charge in [0.2, 0.25) is 0 Å². The van der Waals surface area contributed by atoms with E-state index in [2.05, 4.69) is 167 Å². The Balaban J connectivity index is 1.38. The van der Waals surface area contributed by atoms with E-state index in [1.807, 2.05) is 0 Å². The number of hydrogen-bond acceptors (Lipinski definition) is 0. The van der Waals surface area contributed by atoms with Gasteiger partial charge in [-0.3, -0.25) is 0 Å². The zero-order valence-electron chi connectivity index (χ0n) is 24.9. The molecule has 0 atom stereocenters. The van der Waals surface area contributed by atoms with Crippen LogP contribution in [-0.2, 0) is 0 Å². The molecule has 2 heteroatoms. The Hall–Kier alpha value is -6.12. The van der Waals surface area contributed by atoms with Gasteiger partial charge < -0.3 is 9.13 Å². The molecule has 11 rings (SSSR count). The van der Waals surface area contributed by atoms with E-state index in [4.69, 9.17) is 0 Å². The highest BCUT2D eigenvalue weighted by Crippen LogP contribution is 2.49. The molecule has 2 nitrogen and oxygen atoms in total. The summed E-state index contributed by atoms with van der Waals surface area (Å²) in [5.74, 6) is 0. The predicted octanol–water partition coefficient (Wildman–Crippen LogP) is 11.8. The van der Waals surface area contributed by atoms with Crippen LogP contribution in [0.25, 0.3) is 98.8 Å². The van der Waals surface area contributed by atoms with E-state index in [9.17, 15) is 0 Å². The van der Waals surface area contributed by atoms with E-state index in [1.54, 1.807) is 0 Å². The van der Waals surface area contributed by atoms with Gasteiger partial charge in [0.25, 0.3) is 0 Å². The molecule has 0 N–H and O–H groups in total. The topological polar surface area (TPSA) is 9.86 Å². The number of rotatable bonds is 2. The minimum Gasteiger partial charge on any atom is -0.309 e. The molecule has 0 spiro atoms. The number of aromatic nitrogens is 2. The molecule has 0 unspecified atom stereocenters. The van der Waals surface area contributed by atoms with Crippen LogP contribution >= 0.6 is 0 Å². The summed E-state index contributed by atoms with van der Waals surface area (Å²) in [6, 6.07) is 58.2. The minimum atomic E-state index is 1.17. The maximum Gasteiger partial charge on any atom is 0.0641 e. The van der Waals surface area contributed by atoms with Crippen LogP contribution in [0.4, 0.5) is 0 Å². The highest BCUT2D eigenvalue weighted by molar-refractivity contribution is 6.30. The second kappa shape index (κ2) is 8.74. The highest BCUT2D eigenvalue weighted by atomic mass is 15.0. The average molecular weight is 583 g/mol. The van der Waals surface area contributed by atoms with Gasteiger partial charge in [-0.25, -0.2) is 0 Å². The van der Waals surface area contributed by atoms with E-state index in [-0.39, 0.29) is 0 Å². The summed E-state index contributed by atoms with van der Waals surface area (Å²) in [6.45, 7) is 0. The number of para-hydroxylation sites is 2. The smallest absolute Gasteiger partial charge is 0.0641 e. The van der Waals surface area contributed by atoms with Crippen LogP contribution in [0.5, 0.6) is 0 Å². The molecule has 0 fully saturated rings. The van der Waals surface area contributed by atoms with Gasteiger partial charge in [-0.2, -0.15) is 0 Å². The van der Waals surface area contributed by atoms with Crippen molar-refractivity contribution in [2.45, 2.75) is 0 Å². The van der Waals surface area contributed by atoms with E-state index in [0.29, 0.717) is 0 Å². The highest BCUT2D eigenvalue weighted by Gasteiger charge is 2.25. The Morgan fingerprint density at radius 2 is 0.978 bits per heavy atom. The Labute approximate surface area is 265 Å². The number of hydrogen-bond donors (Lipinski definition) is 0. The summed E-state index contributed by atoms with van der Waals surface area (Å²) in [5, 5.41) is 10.3. The van der Waals surface area contributed by atoms with Crippen LogP contribution in [0.15, 0.2) is 158 Å². The third-order valence-electron chi connectivity index (χ3n) is 10.2. The molecule has 0 saturated carbocycles. The SMILES string of the molecule is c1ccc(-n2c3ccccc3c3c2ccc2c4c5ccccc5ccc4n(-c4cc5c6c(cccc6c4)-c4ccccc4-5)c23)cc1. The normalized spacial score (nSPS) is 12.3. The fourth-order valence-corrected chi connectivity index (χ4v) is 8.38. The van der Waals surface area contributed by atoms with Crippen molar-refractivity contribution in [3.8, 4) is 33.6 Å². The quantitative estimate of drug-likeness (QED) is 0.192. The van der Waals surface area contributed by atoms with Gasteiger partial charge in [0, 0.05) is 32.9 Å². The Morgan fingerprint density at radius 1 is 0.304 bits per heavy atom. The number of fused-ring (bicyclic) bond motifs is 12. The first-order valence-corrected chi connectivity index (χ1v) is 16.0. The molecular weight excluding hydrogens is 556 g/mol. The minimum absolute atomic E-state index is 1.17. The molecular formula is C44H26N2. The Kier molecular flexibility index (Phi) is 4.61. The zero-order chi connectivity index (χ0) is 29.9. The standard InChI is InChI=1S/C44H26N2/c1-2-13-29(14-3-1)45-38-20-9-8-18-35(38)43-40(45)24-22-36-42-31-15-5-4-11-27(31)21-23-39(42)46(44(36)43)30-25-28-12-10-19-34-32-16-6-7-17-33(32)37(26-30)41(28)34/h1-26H. The molecule has 10 aromatic rings. The van der Waals surface area contributed by atoms with Gasteiger partial charge in [0.15, 0.2) is 0 Å². The molecule has 212 valence electrons. The first-order valence-electron chi connectivity index (χ1n) is 16.0. The molecule has 1 aliphatic carbocycles. The van der Waals surface area contributed by atoms with E-state index >= 15 is 0 Å². The van der Waals surface area contributed by atoms with E-state index < -0.39 is 0 Å². The maximum atomic E-state index is 2.55. The predicted molar refractivity (Wildman–Crippen MR) is 195 cm³/mol. The largest absolute Gasteiger partial charge is 0.309 e. The lowest BCUT2D eigenvalue weighted by Crippen LogP contribution is -1.96. The number of benzene rings is 8. The van der Waals surface area contributed by atoms with Crippen molar-refractivity contribution in [2.24, 2.45) is 0 Å². The molecule has 2 heterocycles. The molecule has 0 aliphatic heterocycles. The molecule has 1 aliphatic rings. The van der Waals surface area contributed by atoms with Crippen molar-refractivity contribution in [1.29, 1.82) is 0 Å². The summed E-state index contributed by atoms with van der Waals surface area (Å²) in [7, 11) is 0. The number of nitrogens with zero attached hydrogens (tertiary/aromatic N) is 2. The third-order valence-corrected chi connectivity index (χ3v) is 10.2. The molecule has 0 radical (unpaired) electrons. The Morgan fingerprint density at radius 3 is 1.87 bits per heavy atom. The van der Waals surface area contributed by atoms with Crippen molar-refractivity contribution in [3.63, 3.8) is 0 Å². The summed E-state index contributed by atoms with van der Waals surface area (Å²) >= 11 is 0. The maximum absolute atomic E-state index is 2.55. The first kappa shape index (κ1) is 24.2. The second-order valence-corrected chi connectivity index (χ2v) is 12.5. The van der Waals surface area contributed by atoms with Gasteiger partial charge in [-0.1, -0.05) is 115 Å². The second-order valence-electron chi connectivity index (χ2n) is 12.5. The third kappa shape index (κ3) is 3.01. The molecule has 0 bridgehead atoms.